The van der Waals surface area contributed by atoms with Gasteiger partial charge in [-0.15, -0.1) is 0 Å². The number of methoxy groups -OCH3 is 2. The number of rotatable bonds is 8. The summed E-state index contributed by atoms with van der Waals surface area (Å²) in [6.45, 7) is 4.08. The van der Waals surface area contributed by atoms with Gasteiger partial charge in [0.15, 0.2) is 0 Å². The minimum atomic E-state index is -0.0757. The molecule has 3 aromatic rings. The number of carbonyl (C=O) groups excluding carboxylic acids is 1. The average molecular weight is 462 g/mol. The van der Waals surface area contributed by atoms with Gasteiger partial charge in [0.05, 0.1) is 20.1 Å². The second-order valence-corrected chi connectivity index (χ2v) is 8.45. The first-order chi connectivity index (χ1) is 16.5. The van der Waals surface area contributed by atoms with Gasteiger partial charge in [-0.1, -0.05) is 29.8 Å². The number of ether oxygens (including phenoxy) is 2. The summed E-state index contributed by atoms with van der Waals surface area (Å²) < 4.78 is 10.7. The third-order valence-corrected chi connectivity index (χ3v) is 5.95. The molecular weight excluding hydrogens is 430 g/mol. The standard InChI is InChI=1S/C26H31N5O3/c1-18-6-8-19(9-7-18)16-28-25(32)20-5-4-12-31(17-20)24-10-11-27-26(30-24)29-21-13-22(33-2)15-23(14-21)34-3/h6-11,13-15,20H,4-5,12,16-17H2,1-3H3,(H,28,32)(H,27,29,30)/t20-/m0/s1. The zero-order valence-corrected chi connectivity index (χ0v) is 19.9. The maximum Gasteiger partial charge on any atom is 0.229 e. The lowest BCUT2D eigenvalue weighted by Gasteiger charge is -2.33. The number of aromatic nitrogens is 2. The SMILES string of the molecule is COc1cc(Nc2nccc(N3CCC[C@H](C(=O)NCc4ccc(C)cc4)C3)n2)cc(OC)c1. The van der Waals surface area contributed by atoms with E-state index >= 15 is 0 Å². The van der Waals surface area contributed by atoms with Gasteiger partial charge in [0.25, 0.3) is 0 Å². The Hall–Kier alpha value is -3.81. The number of amides is 1. The topological polar surface area (TPSA) is 88.6 Å². The number of hydrogen-bond donors (Lipinski definition) is 2. The third kappa shape index (κ3) is 5.95. The fourth-order valence-electron chi connectivity index (χ4n) is 4.03. The molecule has 4 rings (SSSR count). The molecule has 8 heteroatoms. The maximum absolute atomic E-state index is 12.8. The van der Waals surface area contributed by atoms with Crippen LogP contribution in [0.2, 0.25) is 0 Å². The number of nitrogens with zero attached hydrogens (tertiary/aromatic N) is 3. The molecule has 1 aromatic heterocycles. The summed E-state index contributed by atoms with van der Waals surface area (Å²) in [7, 11) is 3.22. The molecule has 34 heavy (non-hydrogen) atoms. The Balaban J connectivity index is 1.40. The first-order valence-corrected chi connectivity index (χ1v) is 11.5. The molecule has 0 radical (unpaired) electrons. The minimum absolute atomic E-state index is 0.0757. The molecule has 0 spiro atoms. The molecule has 0 unspecified atom stereocenters. The minimum Gasteiger partial charge on any atom is -0.497 e. The molecule has 1 fully saturated rings. The van der Waals surface area contributed by atoms with E-state index in [0.29, 0.717) is 30.5 Å². The number of carbonyl (C=O) groups is 1. The van der Waals surface area contributed by atoms with Crippen LogP contribution in [-0.4, -0.2) is 43.2 Å². The fourth-order valence-corrected chi connectivity index (χ4v) is 4.03. The lowest BCUT2D eigenvalue weighted by molar-refractivity contribution is -0.125. The third-order valence-electron chi connectivity index (χ3n) is 5.95. The Morgan fingerprint density at radius 3 is 2.53 bits per heavy atom. The van der Waals surface area contributed by atoms with Crippen molar-refractivity contribution >= 4 is 23.4 Å². The molecule has 1 aliphatic rings. The van der Waals surface area contributed by atoms with Gasteiger partial charge in [-0.3, -0.25) is 4.79 Å². The van der Waals surface area contributed by atoms with Crippen molar-refractivity contribution in [1.82, 2.24) is 15.3 Å². The monoisotopic (exact) mass is 461 g/mol. The summed E-state index contributed by atoms with van der Waals surface area (Å²) >= 11 is 0. The quantitative estimate of drug-likeness (QED) is 0.523. The van der Waals surface area contributed by atoms with Gasteiger partial charge in [0, 0.05) is 49.7 Å². The van der Waals surface area contributed by atoms with Gasteiger partial charge in [-0.2, -0.15) is 4.98 Å². The molecule has 1 atom stereocenters. The van der Waals surface area contributed by atoms with Gasteiger partial charge in [0.2, 0.25) is 11.9 Å². The van der Waals surface area contributed by atoms with Crippen LogP contribution in [0.1, 0.15) is 24.0 Å². The molecule has 2 N–H and O–H groups in total. The Morgan fingerprint density at radius 2 is 1.82 bits per heavy atom. The van der Waals surface area contributed by atoms with Crippen LogP contribution >= 0.6 is 0 Å². The van der Waals surface area contributed by atoms with Crippen molar-refractivity contribution in [2.45, 2.75) is 26.3 Å². The molecule has 1 aliphatic heterocycles. The summed E-state index contributed by atoms with van der Waals surface area (Å²) in [5.74, 6) is 2.62. The Morgan fingerprint density at radius 1 is 1.09 bits per heavy atom. The van der Waals surface area contributed by atoms with Crippen LogP contribution in [0.15, 0.2) is 54.7 Å². The van der Waals surface area contributed by atoms with Gasteiger partial charge < -0.3 is 25.0 Å². The van der Waals surface area contributed by atoms with E-state index < -0.39 is 0 Å². The molecule has 2 aromatic carbocycles. The highest BCUT2D eigenvalue weighted by Crippen LogP contribution is 2.28. The number of benzene rings is 2. The zero-order chi connectivity index (χ0) is 23.9. The van der Waals surface area contributed by atoms with Gasteiger partial charge >= 0.3 is 0 Å². The first kappa shape index (κ1) is 23.4. The fraction of sp³-hybridized carbons (Fsp3) is 0.346. The van der Waals surface area contributed by atoms with Gasteiger partial charge in [-0.05, 0) is 31.4 Å². The van der Waals surface area contributed by atoms with Crippen molar-refractivity contribution in [2.75, 3.05) is 37.5 Å². The van der Waals surface area contributed by atoms with Crippen molar-refractivity contribution in [3.63, 3.8) is 0 Å². The van der Waals surface area contributed by atoms with E-state index in [2.05, 4.69) is 56.7 Å². The van der Waals surface area contributed by atoms with E-state index in [1.807, 2.05) is 18.2 Å². The van der Waals surface area contributed by atoms with Crippen LogP contribution in [0, 0.1) is 12.8 Å². The van der Waals surface area contributed by atoms with Crippen molar-refractivity contribution in [1.29, 1.82) is 0 Å². The van der Waals surface area contributed by atoms with E-state index in [4.69, 9.17) is 9.47 Å². The first-order valence-electron chi connectivity index (χ1n) is 11.5. The number of hydrogen-bond acceptors (Lipinski definition) is 7. The molecular formula is C26H31N5O3. The molecule has 0 aliphatic carbocycles. The summed E-state index contributed by atoms with van der Waals surface area (Å²) in [6, 6.07) is 15.6. The molecule has 0 bridgehead atoms. The van der Waals surface area contributed by atoms with E-state index in [-0.39, 0.29) is 11.8 Å². The maximum atomic E-state index is 12.8. The summed E-state index contributed by atoms with van der Waals surface area (Å²) in [5.41, 5.74) is 3.08. The summed E-state index contributed by atoms with van der Waals surface area (Å²) in [4.78, 5) is 24.0. The smallest absolute Gasteiger partial charge is 0.229 e. The predicted molar refractivity (Wildman–Crippen MR) is 133 cm³/mol. The summed E-state index contributed by atoms with van der Waals surface area (Å²) in [6.07, 6.45) is 3.53. The lowest BCUT2D eigenvalue weighted by Crippen LogP contribution is -2.43. The van der Waals surface area contributed by atoms with E-state index in [9.17, 15) is 4.79 Å². The zero-order valence-electron chi connectivity index (χ0n) is 19.9. The lowest BCUT2D eigenvalue weighted by atomic mass is 9.97. The van der Waals surface area contributed by atoms with E-state index in [0.717, 1.165) is 36.5 Å². The Kier molecular flexibility index (Phi) is 7.47. The van der Waals surface area contributed by atoms with E-state index in [1.54, 1.807) is 26.5 Å². The molecule has 2 heterocycles. The highest BCUT2D eigenvalue weighted by atomic mass is 16.5. The number of piperidine rings is 1. The predicted octanol–water partition coefficient (Wildman–Crippen LogP) is 4.08. The van der Waals surface area contributed by atoms with Crippen LogP contribution in [-0.2, 0) is 11.3 Å². The largest absolute Gasteiger partial charge is 0.497 e. The number of nitrogens with one attached hydrogen (secondary N) is 2. The van der Waals surface area contributed by atoms with Crippen LogP contribution in [0.5, 0.6) is 11.5 Å². The highest BCUT2D eigenvalue weighted by Gasteiger charge is 2.26. The summed E-state index contributed by atoms with van der Waals surface area (Å²) in [5, 5.41) is 6.31. The van der Waals surface area contributed by atoms with Crippen molar-refractivity contribution in [2.24, 2.45) is 5.92 Å². The molecule has 178 valence electrons. The van der Waals surface area contributed by atoms with Crippen LogP contribution in [0.25, 0.3) is 0 Å². The second-order valence-electron chi connectivity index (χ2n) is 8.45. The highest BCUT2D eigenvalue weighted by molar-refractivity contribution is 5.79. The number of aryl methyl sites for hydroxylation is 1. The second kappa shape index (κ2) is 10.9. The molecule has 1 amide bonds. The Labute approximate surface area is 200 Å². The molecule has 8 nitrogen and oxygen atoms in total. The van der Waals surface area contributed by atoms with Crippen molar-refractivity contribution in [3.05, 3.63) is 65.9 Å². The van der Waals surface area contributed by atoms with Gasteiger partial charge in [0.1, 0.15) is 17.3 Å². The van der Waals surface area contributed by atoms with Crippen LogP contribution in [0.3, 0.4) is 0 Å². The van der Waals surface area contributed by atoms with E-state index in [1.165, 1.54) is 5.56 Å². The molecule has 1 saturated heterocycles. The van der Waals surface area contributed by atoms with Crippen molar-refractivity contribution < 1.29 is 14.3 Å². The van der Waals surface area contributed by atoms with Gasteiger partial charge in [-0.25, -0.2) is 4.98 Å². The van der Waals surface area contributed by atoms with Crippen molar-refractivity contribution in [3.8, 4) is 11.5 Å². The normalized spacial score (nSPS) is 15.5. The number of anilines is 3. The Bertz CT molecular complexity index is 1100. The average Bonchev–Trinajstić information content (AvgIpc) is 2.88. The molecule has 0 saturated carbocycles. The van der Waals surface area contributed by atoms with Crippen LogP contribution < -0.4 is 25.0 Å². The van der Waals surface area contributed by atoms with Crippen LogP contribution in [0.4, 0.5) is 17.5 Å².